The second-order valence-electron chi connectivity index (χ2n) is 5.71. The molecular weight excluding hydrogens is 292 g/mol. The lowest BCUT2D eigenvalue weighted by Gasteiger charge is -2.33. The van der Waals surface area contributed by atoms with E-state index in [9.17, 15) is 0 Å². The van der Waals surface area contributed by atoms with Gasteiger partial charge in [-0.05, 0) is 55.9 Å². The van der Waals surface area contributed by atoms with Gasteiger partial charge in [0.2, 0.25) is 0 Å². The highest BCUT2D eigenvalue weighted by atomic mass is 32.2. The first kappa shape index (κ1) is 15.2. The molecule has 1 saturated heterocycles. The van der Waals surface area contributed by atoms with Crippen molar-refractivity contribution in [2.45, 2.75) is 30.8 Å². The van der Waals surface area contributed by atoms with Crippen molar-refractivity contribution in [1.82, 2.24) is 10.2 Å². The second kappa shape index (κ2) is 7.01. The molecule has 116 valence electrons. The lowest BCUT2D eigenvalue weighted by molar-refractivity contribution is 0.521. The van der Waals surface area contributed by atoms with E-state index in [1.165, 1.54) is 11.3 Å². The van der Waals surface area contributed by atoms with Crippen molar-refractivity contribution in [3.05, 3.63) is 42.0 Å². The highest BCUT2D eigenvalue weighted by molar-refractivity contribution is 7.98. The Hall–Kier alpha value is -1.75. The Morgan fingerprint density at radius 3 is 2.59 bits per heavy atom. The van der Waals surface area contributed by atoms with Gasteiger partial charge in [0.1, 0.15) is 5.03 Å². The molecule has 0 atom stereocenters. The molecule has 0 unspecified atom stereocenters. The number of piperidine rings is 1. The highest BCUT2D eigenvalue weighted by Crippen LogP contribution is 2.21. The summed E-state index contributed by atoms with van der Waals surface area (Å²) in [5.41, 5.74) is 2.52. The van der Waals surface area contributed by atoms with E-state index in [0.29, 0.717) is 6.04 Å². The molecule has 0 amide bonds. The summed E-state index contributed by atoms with van der Waals surface area (Å²) >= 11 is 1.62. The van der Waals surface area contributed by atoms with Gasteiger partial charge in [0.25, 0.3) is 0 Å². The van der Waals surface area contributed by atoms with Crippen molar-refractivity contribution >= 4 is 23.3 Å². The van der Waals surface area contributed by atoms with E-state index in [0.717, 1.165) is 36.8 Å². The Labute approximate surface area is 136 Å². The summed E-state index contributed by atoms with van der Waals surface area (Å²) in [6, 6.07) is 13.2. The number of nitrogens with zero attached hydrogens (tertiary/aromatic N) is 3. The first-order chi connectivity index (χ1) is 10.7. The van der Waals surface area contributed by atoms with Gasteiger partial charge < -0.3 is 10.2 Å². The number of thioether (sulfide) groups is 1. The molecule has 1 fully saturated rings. The van der Waals surface area contributed by atoms with Crippen molar-refractivity contribution in [2.75, 3.05) is 29.6 Å². The molecule has 2 aromatic rings. The van der Waals surface area contributed by atoms with Crippen LogP contribution in [0, 0.1) is 6.92 Å². The van der Waals surface area contributed by atoms with Gasteiger partial charge in [-0.1, -0.05) is 12.1 Å². The SMILES string of the molecule is CSc1ccc(N2CCC(Nc3cccc(C)c3)CC2)nn1. The Morgan fingerprint density at radius 1 is 1.14 bits per heavy atom. The van der Waals surface area contributed by atoms with Crippen molar-refractivity contribution < 1.29 is 0 Å². The minimum absolute atomic E-state index is 0.538. The predicted octanol–water partition coefficient (Wildman–Crippen LogP) is 3.59. The first-order valence-corrected chi connectivity index (χ1v) is 8.93. The monoisotopic (exact) mass is 314 g/mol. The zero-order valence-electron chi connectivity index (χ0n) is 13.1. The van der Waals surface area contributed by atoms with Crippen LogP contribution in [0.5, 0.6) is 0 Å². The Balaban J connectivity index is 1.55. The molecule has 3 rings (SSSR count). The maximum Gasteiger partial charge on any atom is 0.151 e. The summed E-state index contributed by atoms with van der Waals surface area (Å²) in [5, 5.41) is 13.2. The molecule has 0 bridgehead atoms. The van der Waals surface area contributed by atoms with E-state index in [2.05, 4.69) is 57.7 Å². The summed E-state index contributed by atoms with van der Waals surface area (Å²) in [6.07, 6.45) is 4.27. The van der Waals surface area contributed by atoms with Crippen molar-refractivity contribution in [1.29, 1.82) is 0 Å². The summed E-state index contributed by atoms with van der Waals surface area (Å²) in [4.78, 5) is 2.32. The molecule has 5 heteroatoms. The quantitative estimate of drug-likeness (QED) is 0.874. The molecule has 0 radical (unpaired) electrons. The summed E-state index contributed by atoms with van der Waals surface area (Å²) < 4.78 is 0. The van der Waals surface area contributed by atoms with Gasteiger partial charge in [-0.15, -0.1) is 22.0 Å². The summed E-state index contributed by atoms with van der Waals surface area (Å²) in [5.74, 6) is 0.992. The Morgan fingerprint density at radius 2 is 1.95 bits per heavy atom. The van der Waals surface area contributed by atoms with E-state index in [-0.39, 0.29) is 0 Å². The van der Waals surface area contributed by atoms with Crippen LogP contribution >= 0.6 is 11.8 Å². The second-order valence-corrected chi connectivity index (χ2v) is 6.54. The minimum atomic E-state index is 0.538. The highest BCUT2D eigenvalue weighted by Gasteiger charge is 2.20. The molecule has 4 nitrogen and oxygen atoms in total. The van der Waals surface area contributed by atoms with E-state index < -0.39 is 0 Å². The van der Waals surface area contributed by atoms with Crippen LogP contribution in [0.15, 0.2) is 41.4 Å². The standard InChI is InChI=1S/C17H22N4S/c1-13-4-3-5-15(12-13)18-14-8-10-21(11-9-14)16-6-7-17(22-2)20-19-16/h3-7,12,14,18H,8-11H2,1-2H3. The smallest absolute Gasteiger partial charge is 0.151 e. The van der Waals surface area contributed by atoms with Crippen LogP contribution < -0.4 is 10.2 Å². The fraction of sp³-hybridized carbons (Fsp3) is 0.412. The van der Waals surface area contributed by atoms with E-state index in [4.69, 9.17) is 0 Å². The van der Waals surface area contributed by atoms with Crippen LogP contribution in [0.1, 0.15) is 18.4 Å². The molecule has 1 N–H and O–H groups in total. The molecule has 1 aliphatic heterocycles. The Kier molecular flexibility index (Phi) is 4.83. The fourth-order valence-electron chi connectivity index (χ4n) is 2.81. The van der Waals surface area contributed by atoms with Crippen molar-refractivity contribution in [2.24, 2.45) is 0 Å². The predicted molar refractivity (Wildman–Crippen MR) is 93.8 cm³/mol. The number of nitrogens with one attached hydrogen (secondary N) is 1. The van der Waals surface area contributed by atoms with Crippen molar-refractivity contribution in [3.63, 3.8) is 0 Å². The van der Waals surface area contributed by atoms with E-state index in [1.54, 1.807) is 11.8 Å². The number of anilines is 2. The third-order valence-corrected chi connectivity index (χ3v) is 4.68. The number of hydrogen-bond donors (Lipinski definition) is 1. The van der Waals surface area contributed by atoms with Gasteiger partial charge >= 0.3 is 0 Å². The topological polar surface area (TPSA) is 41.0 Å². The molecule has 1 aromatic heterocycles. The number of hydrogen-bond acceptors (Lipinski definition) is 5. The Bertz CT molecular complexity index is 606. The third-order valence-electron chi connectivity index (χ3n) is 4.04. The average Bonchev–Trinajstić information content (AvgIpc) is 2.56. The fourth-order valence-corrected chi connectivity index (χ4v) is 3.14. The van der Waals surface area contributed by atoms with E-state index >= 15 is 0 Å². The third kappa shape index (κ3) is 3.71. The number of aryl methyl sites for hydroxylation is 1. The van der Waals surface area contributed by atoms with Crippen molar-refractivity contribution in [3.8, 4) is 0 Å². The van der Waals surface area contributed by atoms with Gasteiger partial charge in [-0.25, -0.2) is 0 Å². The molecule has 0 aliphatic carbocycles. The molecule has 0 spiro atoms. The lowest BCUT2D eigenvalue weighted by Crippen LogP contribution is -2.39. The largest absolute Gasteiger partial charge is 0.382 e. The molecule has 2 heterocycles. The van der Waals surface area contributed by atoms with Gasteiger partial charge in [0.15, 0.2) is 5.82 Å². The number of aromatic nitrogens is 2. The van der Waals surface area contributed by atoms with Gasteiger partial charge in [-0.2, -0.15) is 0 Å². The maximum absolute atomic E-state index is 4.33. The zero-order chi connectivity index (χ0) is 15.4. The van der Waals surface area contributed by atoms with Crippen LogP contribution in [0.4, 0.5) is 11.5 Å². The average molecular weight is 314 g/mol. The van der Waals surface area contributed by atoms with Crippen LogP contribution in [0.2, 0.25) is 0 Å². The van der Waals surface area contributed by atoms with Crippen LogP contribution in [-0.4, -0.2) is 35.6 Å². The van der Waals surface area contributed by atoms with Gasteiger partial charge in [0, 0.05) is 24.8 Å². The number of rotatable bonds is 4. The minimum Gasteiger partial charge on any atom is -0.382 e. The zero-order valence-corrected chi connectivity index (χ0v) is 13.9. The summed E-state index contributed by atoms with van der Waals surface area (Å²) in [6.45, 7) is 4.18. The van der Waals surface area contributed by atoms with Crippen LogP contribution in [-0.2, 0) is 0 Å². The van der Waals surface area contributed by atoms with Crippen LogP contribution in [0.3, 0.4) is 0 Å². The van der Waals surface area contributed by atoms with Gasteiger partial charge in [0.05, 0.1) is 0 Å². The lowest BCUT2D eigenvalue weighted by atomic mass is 10.0. The number of benzene rings is 1. The van der Waals surface area contributed by atoms with E-state index in [1.807, 2.05) is 12.3 Å². The molecular formula is C17H22N4S. The van der Waals surface area contributed by atoms with Gasteiger partial charge in [-0.3, -0.25) is 0 Å². The molecule has 0 saturated carbocycles. The molecule has 1 aliphatic rings. The maximum atomic E-state index is 4.33. The molecule has 22 heavy (non-hydrogen) atoms. The molecule has 1 aromatic carbocycles. The van der Waals surface area contributed by atoms with Crippen LogP contribution in [0.25, 0.3) is 0 Å². The summed E-state index contributed by atoms with van der Waals surface area (Å²) in [7, 11) is 0. The first-order valence-electron chi connectivity index (χ1n) is 7.70. The normalized spacial score (nSPS) is 15.8.